The average molecular weight is 287 g/mol. The Hall–Kier alpha value is -1.33. The van der Waals surface area contributed by atoms with Gasteiger partial charge in [-0.25, -0.2) is 0 Å². The molecule has 0 radical (unpaired) electrons. The van der Waals surface area contributed by atoms with E-state index in [9.17, 15) is 13.2 Å². The zero-order valence-electron chi connectivity index (χ0n) is 11.8. The van der Waals surface area contributed by atoms with Gasteiger partial charge in [0.05, 0.1) is 12.2 Å². The minimum absolute atomic E-state index is 0.608. The van der Waals surface area contributed by atoms with E-state index in [4.69, 9.17) is 4.74 Å². The lowest BCUT2D eigenvalue weighted by molar-refractivity contribution is -0.137. The van der Waals surface area contributed by atoms with E-state index in [0.717, 1.165) is 31.1 Å². The second-order valence-corrected chi connectivity index (χ2v) is 4.50. The molecule has 0 fully saturated rings. The highest BCUT2D eigenvalue weighted by Crippen LogP contribution is 2.30. The Morgan fingerprint density at radius 1 is 1.30 bits per heavy atom. The lowest BCUT2D eigenvalue weighted by Crippen LogP contribution is -2.19. The molecule has 0 amide bonds. The standard InChI is InChI=1S/C15H20F3NO/c1-12(5-4-8-19-9-10-20-2)13-6-3-7-14(11-13)15(16,17)18/h3,5-7,11,19H,4,8-10H2,1-2H3. The topological polar surface area (TPSA) is 21.3 Å². The van der Waals surface area contributed by atoms with Crippen molar-refractivity contribution in [2.75, 3.05) is 26.8 Å². The van der Waals surface area contributed by atoms with Gasteiger partial charge in [0.1, 0.15) is 0 Å². The van der Waals surface area contributed by atoms with Crippen molar-refractivity contribution in [3.05, 3.63) is 41.5 Å². The Labute approximate surface area is 117 Å². The molecular weight excluding hydrogens is 267 g/mol. The summed E-state index contributed by atoms with van der Waals surface area (Å²) in [5.41, 5.74) is 0.849. The van der Waals surface area contributed by atoms with Crippen molar-refractivity contribution < 1.29 is 17.9 Å². The second kappa shape index (κ2) is 8.07. The summed E-state index contributed by atoms with van der Waals surface area (Å²) in [6, 6.07) is 5.40. The van der Waals surface area contributed by atoms with Gasteiger partial charge in [0.25, 0.3) is 0 Å². The molecule has 20 heavy (non-hydrogen) atoms. The zero-order chi connectivity index (χ0) is 15.0. The minimum Gasteiger partial charge on any atom is -0.383 e. The number of allylic oxidation sites excluding steroid dienone is 1. The molecule has 0 aliphatic carbocycles. The van der Waals surface area contributed by atoms with Gasteiger partial charge in [0.2, 0.25) is 0 Å². The molecule has 0 atom stereocenters. The van der Waals surface area contributed by atoms with Gasteiger partial charge in [-0.2, -0.15) is 13.2 Å². The van der Waals surface area contributed by atoms with Crippen LogP contribution in [0.15, 0.2) is 30.3 Å². The first-order valence-corrected chi connectivity index (χ1v) is 6.49. The van der Waals surface area contributed by atoms with E-state index < -0.39 is 11.7 Å². The van der Waals surface area contributed by atoms with E-state index in [1.807, 2.05) is 13.0 Å². The van der Waals surface area contributed by atoms with E-state index in [1.54, 1.807) is 13.2 Å². The van der Waals surface area contributed by atoms with Crippen LogP contribution in [-0.2, 0) is 10.9 Å². The van der Waals surface area contributed by atoms with Gasteiger partial charge in [0, 0.05) is 13.7 Å². The van der Waals surface area contributed by atoms with Crippen LogP contribution in [0.2, 0.25) is 0 Å². The van der Waals surface area contributed by atoms with Crippen LogP contribution in [0.4, 0.5) is 13.2 Å². The monoisotopic (exact) mass is 287 g/mol. The summed E-state index contributed by atoms with van der Waals surface area (Å²) in [7, 11) is 1.64. The van der Waals surface area contributed by atoms with Crippen LogP contribution < -0.4 is 5.32 Å². The molecule has 0 bridgehead atoms. The van der Waals surface area contributed by atoms with Crippen LogP contribution in [-0.4, -0.2) is 26.8 Å². The third-order valence-corrected chi connectivity index (χ3v) is 2.90. The fourth-order valence-electron chi connectivity index (χ4n) is 1.75. The summed E-state index contributed by atoms with van der Waals surface area (Å²) in [5.74, 6) is 0. The third kappa shape index (κ3) is 5.75. The predicted molar refractivity (Wildman–Crippen MR) is 74.5 cm³/mol. The number of hydrogen-bond donors (Lipinski definition) is 1. The fraction of sp³-hybridized carbons (Fsp3) is 0.467. The summed E-state index contributed by atoms with van der Waals surface area (Å²) < 4.78 is 42.7. The van der Waals surface area contributed by atoms with Crippen LogP contribution in [0.1, 0.15) is 24.5 Å². The Morgan fingerprint density at radius 3 is 2.70 bits per heavy atom. The first kappa shape index (κ1) is 16.7. The lowest BCUT2D eigenvalue weighted by Gasteiger charge is -2.09. The number of methoxy groups -OCH3 is 1. The molecule has 5 heteroatoms. The minimum atomic E-state index is -4.29. The molecule has 2 nitrogen and oxygen atoms in total. The maximum atomic E-state index is 12.6. The van der Waals surface area contributed by atoms with Crippen molar-refractivity contribution >= 4 is 5.57 Å². The maximum absolute atomic E-state index is 12.6. The number of ether oxygens (including phenoxy) is 1. The maximum Gasteiger partial charge on any atom is 0.416 e. The predicted octanol–water partition coefficient (Wildman–Crippen LogP) is 3.73. The quantitative estimate of drug-likeness (QED) is 0.771. The van der Waals surface area contributed by atoms with Gasteiger partial charge in [-0.15, -0.1) is 0 Å². The van der Waals surface area contributed by atoms with Crippen molar-refractivity contribution in [3.8, 4) is 0 Å². The molecule has 0 saturated carbocycles. The molecule has 0 heterocycles. The average Bonchev–Trinajstić information content (AvgIpc) is 2.41. The van der Waals surface area contributed by atoms with Crippen LogP contribution >= 0.6 is 0 Å². The highest BCUT2D eigenvalue weighted by atomic mass is 19.4. The van der Waals surface area contributed by atoms with E-state index in [0.29, 0.717) is 12.2 Å². The van der Waals surface area contributed by atoms with E-state index in [1.165, 1.54) is 12.1 Å². The largest absolute Gasteiger partial charge is 0.416 e. The summed E-state index contributed by atoms with van der Waals surface area (Å²) >= 11 is 0. The number of alkyl halides is 3. The van der Waals surface area contributed by atoms with Gasteiger partial charge in [-0.3, -0.25) is 0 Å². The van der Waals surface area contributed by atoms with E-state index in [2.05, 4.69) is 5.32 Å². The molecule has 1 aromatic rings. The molecule has 1 rings (SSSR count). The number of nitrogens with one attached hydrogen (secondary N) is 1. The number of benzene rings is 1. The molecule has 1 N–H and O–H groups in total. The molecule has 0 aromatic heterocycles. The summed E-state index contributed by atoms with van der Waals surface area (Å²) in [5, 5.41) is 3.18. The van der Waals surface area contributed by atoms with Crippen LogP contribution in [0, 0.1) is 0 Å². The van der Waals surface area contributed by atoms with Gasteiger partial charge in [-0.05, 0) is 43.2 Å². The fourth-order valence-corrected chi connectivity index (χ4v) is 1.75. The third-order valence-electron chi connectivity index (χ3n) is 2.90. The summed E-state index contributed by atoms with van der Waals surface area (Å²) in [4.78, 5) is 0. The van der Waals surface area contributed by atoms with Crippen molar-refractivity contribution in [1.29, 1.82) is 0 Å². The van der Waals surface area contributed by atoms with Crippen molar-refractivity contribution in [2.24, 2.45) is 0 Å². The summed E-state index contributed by atoms with van der Waals surface area (Å²) in [6.45, 7) is 4.02. The van der Waals surface area contributed by atoms with Gasteiger partial charge < -0.3 is 10.1 Å². The second-order valence-electron chi connectivity index (χ2n) is 4.50. The summed E-state index contributed by atoms with van der Waals surface area (Å²) in [6.07, 6.45) is -1.58. The highest BCUT2D eigenvalue weighted by molar-refractivity contribution is 5.64. The van der Waals surface area contributed by atoms with Gasteiger partial charge >= 0.3 is 6.18 Å². The number of halogens is 3. The molecule has 1 aromatic carbocycles. The molecule has 0 aliphatic rings. The van der Waals surface area contributed by atoms with Crippen molar-refractivity contribution in [3.63, 3.8) is 0 Å². The number of hydrogen-bond acceptors (Lipinski definition) is 2. The zero-order valence-corrected chi connectivity index (χ0v) is 11.8. The van der Waals surface area contributed by atoms with E-state index >= 15 is 0 Å². The van der Waals surface area contributed by atoms with Crippen molar-refractivity contribution in [2.45, 2.75) is 19.5 Å². The number of rotatable bonds is 7. The lowest BCUT2D eigenvalue weighted by atomic mass is 10.0. The van der Waals surface area contributed by atoms with Gasteiger partial charge in [-0.1, -0.05) is 18.2 Å². The molecule has 0 aliphatic heterocycles. The smallest absolute Gasteiger partial charge is 0.383 e. The van der Waals surface area contributed by atoms with Crippen LogP contribution in [0.25, 0.3) is 5.57 Å². The normalized spacial score (nSPS) is 12.8. The molecular formula is C15H20F3NO. The molecule has 0 unspecified atom stereocenters. The highest BCUT2D eigenvalue weighted by Gasteiger charge is 2.30. The Bertz CT molecular complexity index is 441. The van der Waals surface area contributed by atoms with Gasteiger partial charge in [0.15, 0.2) is 0 Å². The molecule has 112 valence electrons. The SMILES string of the molecule is COCCNCCC=C(C)c1cccc(C(F)(F)F)c1. The van der Waals surface area contributed by atoms with Crippen LogP contribution in [0.3, 0.4) is 0 Å². The van der Waals surface area contributed by atoms with Crippen molar-refractivity contribution in [1.82, 2.24) is 5.32 Å². The Kier molecular flexibility index (Phi) is 6.75. The molecule has 0 saturated heterocycles. The first-order chi connectivity index (χ1) is 9.45. The van der Waals surface area contributed by atoms with E-state index in [-0.39, 0.29) is 0 Å². The Balaban J connectivity index is 2.56. The first-order valence-electron chi connectivity index (χ1n) is 6.49. The Morgan fingerprint density at radius 2 is 2.05 bits per heavy atom. The molecule has 0 spiro atoms. The van der Waals surface area contributed by atoms with Crippen LogP contribution in [0.5, 0.6) is 0 Å².